The van der Waals surface area contributed by atoms with E-state index in [9.17, 15) is 23.1 Å². The van der Waals surface area contributed by atoms with Crippen LogP contribution in [0.2, 0.25) is 0 Å². The number of benzene rings is 3. The first-order valence-electron chi connectivity index (χ1n) is 7.71. The van der Waals surface area contributed by atoms with Crippen LogP contribution in [0.4, 0.5) is 18.9 Å². The minimum Gasteiger partial charge on any atom is -0.507 e. The summed E-state index contributed by atoms with van der Waals surface area (Å²) in [7, 11) is 0. The first-order valence-corrected chi connectivity index (χ1v) is 7.71. The molecule has 0 fully saturated rings. The van der Waals surface area contributed by atoms with Crippen molar-refractivity contribution in [3.63, 3.8) is 0 Å². The Morgan fingerprint density at radius 3 is 2.08 bits per heavy atom. The standard InChI is InChI=1S/C20H14F3NO2/c21-20(22,23)15-8-11-18(25)17(12-15)19(26)24-16-9-6-14(7-10-16)13-4-2-1-3-5-13/h1-12,25H,(H,24,26). The van der Waals surface area contributed by atoms with Gasteiger partial charge in [0, 0.05) is 5.69 Å². The molecular formula is C20H14F3NO2. The van der Waals surface area contributed by atoms with Gasteiger partial charge in [-0.3, -0.25) is 4.79 Å². The molecule has 1 amide bonds. The number of nitrogens with one attached hydrogen (secondary N) is 1. The zero-order valence-corrected chi connectivity index (χ0v) is 13.4. The van der Waals surface area contributed by atoms with Crippen LogP contribution in [0.25, 0.3) is 11.1 Å². The molecule has 0 spiro atoms. The van der Waals surface area contributed by atoms with E-state index in [4.69, 9.17) is 0 Å². The molecule has 6 heteroatoms. The third-order valence-electron chi connectivity index (χ3n) is 3.82. The normalized spacial score (nSPS) is 11.2. The summed E-state index contributed by atoms with van der Waals surface area (Å²) >= 11 is 0. The molecule has 3 rings (SSSR count). The van der Waals surface area contributed by atoms with Crippen molar-refractivity contribution in [3.05, 3.63) is 83.9 Å². The van der Waals surface area contributed by atoms with E-state index in [0.29, 0.717) is 11.8 Å². The van der Waals surface area contributed by atoms with E-state index in [0.717, 1.165) is 23.3 Å². The number of rotatable bonds is 3. The quantitative estimate of drug-likeness (QED) is 0.666. The molecule has 0 aliphatic heterocycles. The van der Waals surface area contributed by atoms with Crippen molar-refractivity contribution in [2.75, 3.05) is 5.32 Å². The van der Waals surface area contributed by atoms with Gasteiger partial charge in [0.25, 0.3) is 5.91 Å². The van der Waals surface area contributed by atoms with Crippen LogP contribution in [-0.4, -0.2) is 11.0 Å². The molecule has 26 heavy (non-hydrogen) atoms. The molecule has 0 aliphatic rings. The molecule has 0 radical (unpaired) electrons. The van der Waals surface area contributed by atoms with Gasteiger partial charge in [-0.15, -0.1) is 0 Å². The highest BCUT2D eigenvalue weighted by molar-refractivity contribution is 6.06. The molecule has 0 aliphatic carbocycles. The number of phenolic OH excluding ortho intramolecular Hbond substituents is 1. The fourth-order valence-corrected chi connectivity index (χ4v) is 2.47. The monoisotopic (exact) mass is 357 g/mol. The Labute approximate surface area is 147 Å². The Kier molecular flexibility index (Phi) is 4.67. The topological polar surface area (TPSA) is 49.3 Å². The third-order valence-corrected chi connectivity index (χ3v) is 3.82. The van der Waals surface area contributed by atoms with Crippen LogP contribution in [0.15, 0.2) is 72.8 Å². The van der Waals surface area contributed by atoms with Crippen molar-refractivity contribution in [1.82, 2.24) is 0 Å². The Morgan fingerprint density at radius 2 is 1.46 bits per heavy atom. The van der Waals surface area contributed by atoms with Gasteiger partial charge in [-0.1, -0.05) is 42.5 Å². The van der Waals surface area contributed by atoms with E-state index in [1.165, 1.54) is 0 Å². The van der Waals surface area contributed by atoms with E-state index in [2.05, 4.69) is 5.32 Å². The van der Waals surface area contributed by atoms with Crippen LogP contribution < -0.4 is 5.32 Å². The number of aromatic hydroxyl groups is 1. The highest BCUT2D eigenvalue weighted by Gasteiger charge is 2.31. The van der Waals surface area contributed by atoms with Gasteiger partial charge in [0.1, 0.15) is 5.75 Å². The van der Waals surface area contributed by atoms with Crippen molar-refractivity contribution >= 4 is 11.6 Å². The first-order chi connectivity index (χ1) is 12.3. The minimum absolute atomic E-state index is 0.409. The number of phenols is 1. The van der Waals surface area contributed by atoms with Gasteiger partial charge in [0.15, 0.2) is 0 Å². The second kappa shape index (κ2) is 6.92. The lowest BCUT2D eigenvalue weighted by Crippen LogP contribution is -2.14. The van der Waals surface area contributed by atoms with Gasteiger partial charge in [-0.25, -0.2) is 0 Å². The summed E-state index contributed by atoms with van der Waals surface area (Å²) in [4.78, 5) is 12.2. The lowest BCUT2D eigenvalue weighted by molar-refractivity contribution is -0.137. The van der Waals surface area contributed by atoms with E-state index >= 15 is 0 Å². The van der Waals surface area contributed by atoms with Gasteiger partial charge in [0.2, 0.25) is 0 Å². The number of amides is 1. The summed E-state index contributed by atoms with van der Waals surface area (Å²) in [5, 5.41) is 12.2. The second-order valence-electron chi connectivity index (χ2n) is 5.63. The molecule has 0 saturated heterocycles. The van der Waals surface area contributed by atoms with Crippen molar-refractivity contribution in [3.8, 4) is 16.9 Å². The van der Waals surface area contributed by atoms with Crippen LogP contribution >= 0.6 is 0 Å². The molecule has 3 nitrogen and oxygen atoms in total. The minimum atomic E-state index is -4.60. The number of alkyl halides is 3. The molecule has 0 unspecified atom stereocenters. The second-order valence-corrected chi connectivity index (χ2v) is 5.63. The molecule has 0 heterocycles. The molecule has 0 atom stereocenters. The maximum Gasteiger partial charge on any atom is 0.416 e. The Balaban J connectivity index is 1.80. The fraction of sp³-hybridized carbons (Fsp3) is 0.0500. The summed E-state index contributed by atoms with van der Waals surface area (Å²) in [6.45, 7) is 0. The van der Waals surface area contributed by atoms with Crippen molar-refractivity contribution < 1.29 is 23.1 Å². The van der Waals surface area contributed by atoms with Crippen molar-refractivity contribution in [1.29, 1.82) is 0 Å². The number of carbonyl (C=O) groups is 1. The SMILES string of the molecule is O=C(Nc1ccc(-c2ccccc2)cc1)c1cc(C(F)(F)F)ccc1O. The molecule has 0 aromatic heterocycles. The van der Waals surface area contributed by atoms with Gasteiger partial charge in [-0.2, -0.15) is 13.2 Å². The zero-order valence-electron chi connectivity index (χ0n) is 13.4. The summed E-state index contributed by atoms with van der Waals surface area (Å²) in [5.74, 6) is -1.34. The van der Waals surface area contributed by atoms with Crippen LogP contribution in [0.5, 0.6) is 5.75 Å². The smallest absolute Gasteiger partial charge is 0.416 e. The van der Waals surface area contributed by atoms with E-state index < -0.39 is 29.0 Å². The van der Waals surface area contributed by atoms with Crippen LogP contribution in [0, 0.1) is 0 Å². The van der Waals surface area contributed by atoms with Crippen LogP contribution in [0.1, 0.15) is 15.9 Å². The largest absolute Gasteiger partial charge is 0.507 e. The highest BCUT2D eigenvalue weighted by Crippen LogP contribution is 2.32. The predicted octanol–water partition coefficient (Wildman–Crippen LogP) is 5.33. The molecule has 0 saturated carbocycles. The zero-order chi connectivity index (χ0) is 18.7. The van der Waals surface area contributed by atoms with E-state index in [1.54, 1.807) is 24.3 Å². The maximum atomic E-state index is 12.8. The van der Waals surface area contributed by atoms with Gasteiger partial charge in [0.05, 0.1) is 11.1 Å². The van der Waals surface area contributed by atoms with Gasteiger partial charge in [-0.05, 0) is 41.5 Å². The highest BCUT2D eigenvalue weighted by atomic mass is 19.4. The van der Waals surface area contributed by atoms with Gasteiger partial charge < -0.3 is 10.4 Å². The predicted molar refractivity (Wildman–Crippen MR) is 92.9 cm³/mol. The average Bonchev–Trinajstić information content (AvgIpc) is 2.62. The number of carbonyl (C=O) groups excluding carboxylic acids is 1. The number of hydrogen-bond acceptors (Lipinski definition) is 2. The molecule has 2 N–H and O–H groups in total. The summed E-state index contributed by atoms with van der Waals surface area (Å²) in [6, 6.07) is 18.7. The summed E-state index contributed by atoms with van der Waals surface area (Å²) in [5.41, 5.74) is 0.907. The van der Waals surface area contributed by atoms with Crippen LogP contribution in [0.3, 0.4) is 0 Å². The molecular weight excluding hydrogens is 343 g/mol. The molecule has 3 aromatic rings. The average molecular weight is 357 g/mol. The molecule has 0 bridgehead atoms. The Morgan fingerprint density at radius 1 is 0.846 bits per heavy atom. The maximum absolute atomic E-state index is 12.8. The fourth-order valence-electron chi connectivity index (χ4n) is 2.47. The van der Waals surface area contributed by atoms with E-state index in [-0.39, 0.29) is 0 Å². The lowest BCUT2D eigenvalue weighted by Gasteiger charge is -2.11. The third kappa shape index (κ3) is 3.85. The lowest BCUT2D eigenvalue weighted by atomic mass is 10.1. The van der Waals surface area contributed by atoms with E-state index in [1.807, 2.05) is 30.3 Å². The number of hydrogen-bond donors (Lipinski definition) is 2. The van der Waals surface area contributed by atoms with Crippen molar-refractivity contribution in [2.45, 2.75) is 6.18 Å². The van der Waals surface area contributed by atoms with Crippen LogP contribution in [-0.2, 0) is 6.18 Å². The number of anilines is 1. The number of halogens is 3. The van der Waals surface area contributed by atoms with Gasteiger partial charge >= 0.3 is 6.18 Å². The Bertz CT molecular complexity index is 920. The molecule has 3 aromatic carbocycles. The summed E-state index contributed by atoms with van der Waals surface area (Å²) < 4.78 is 38.3. The molecule has 132 valence electrons. The first kappa shape index (κ1) is 17.5. The summed E-state index contributed by atoms with van der Waals surface area (Å²) in [6.07, 6.45) is -4.60. The van der Waals surface area contributed by atoms with Crippen molar-refractivity contribution in [2.24, 2.45) is 0 Å². The Hall–Kier alpha value is -3.28.